The monoisotopic (exact) mass is 297 g/mol. The first-order valence-electron chi connectivity index (χ1n) is 6.27. The third kappa shape index (κ3) is 4.35. The van der Waals surface area contributed by atoms with Gasteiger partial charge < -0.3 is 19.7 Å². The Kier molecular flexibility index (Phi) is 5.98. The maximum Gasteiger partial charge on any atom is 0.325 e. The van der Waals surface area contributed by atoms with Crippen molar-refractivity contribution >= 4 is 11.9 Å². The van der Waals surface area contributed by atoms with Gasteiger partial charge in [0, 0.05) is 12.1 Å². The molecule has 0 saturated carbocycles. The summed E-state index contributed by atoms with van der Waals surface area (Å²) in [4.78, 5) is 23.7. The summed E-state index contributed by atoms with van der Waals surface area (Å²) in [5.74, 6) is -1.16. The van der Waals surface area contributed by atoms with Crippen molar-refractivity contribution in [2.45, 2.75) is 12.5 Å². The topological polar surface area (TPSA) is 96.3 Å². The lowest BCUT2D eigenvalue weighted by atomic mass is 10.0. The molecule has 0 aliphatic heterocycles. The molecule has 0 aliphatic carbocycles. The van der Waals surface area contributed by atoms with E-state index in [0.717, 1.165) is 0 Å². The molecular formula is C14H19NO6. The number of carboxylic acid groups (broad SMARTS) is 2. The minimum absolute atomic E-state index is 0.104. The Labute approximate surface area is 122 Å². The molecule has 7 heteroatoms. The lowest BCUT2D eigenvalue weighted by Crippen LogP contribution is -2.32. The minimum Gasteiger partial charge on any atom is -0.497 e. The predicted octanol–water partition coefficient (Wildman–Crippen LogP) is 1.24. The normalized spacial score (nSPS) is 12.0. The fourth-order valence-corrected chi connectivity index (χ4v) is 2.01. The molecule has 1 rings (SSSR count). The molecule has 0 spiro atoms. The number of likely N-dealkylation sites (N-methyl/N-ethyl adjacent to an activating group) is 1. The van der Waals surface area contributed by atoms with E-state index in [0.29, 0.717) is 17.1 Å². The second-order valence-corrected chi connectivity index (χ2v) is 4.47. The summed E-state index contributed by atoms with van der Waals surface area (Å²) in [5.41, 5.74) is 0.414. The number of aliphatic carboxylic acids is 2. The number of ether oxygens (including phenoxy) is 2. The number of methoxy groups -OCH3 is 2. The van der Waals surface area contributed by atoms with Gasteiger partial charge in [0.25, 0.3) is 0 Å². The summed E-state index contributed by atoms with van der Waals surface area (Å²) in [6, 6.07) is 3.84. The molecule has 21 heavy (non-hydrogen) atoms. The van der Waals surface area contributed by atoms with Gasteiger partial charge in [0.1, 0.15) is 17.5 Å². The summed E-state index contributed by atoms with van der Waals surface area (Å²) in [5, 5.41) is 18.2. The number of carbonyl (C=O) groups is 2. The zero-order chi connectivity index (χ0) is 16.0. The summed E-state index contributed by atoms with van der Waals surface area (Å²) in [6.45, 7) is 0.104. The third-order valence-electron chi connectivity index (χ3n) is 3.08. The van der Waals surface area contributed by atoms with E-state index in [1.54, 1.807) is 25.2 Å². The summed E-state index contributed by atoms with van der Waals surface area (Å²) in [7, 11) is 4.48. The van der Waals surface area contributed by atoms with Crippen molar-refractivity contribution in [2.75, 3.05) is 27.8 Å². The van der Waals surface area contributed by atoms with Gasteiger partial charge in [-0.05, 0) is 25.2 Å². The Balaban J connectivity index is 3.15. The van der Waals surface area contributed by atoms with Gasteiger partial charge in [0.05, 0.1) is 20.6 Å². The Morgan fingerprint density at radius 1 is 1.24 bits per heavy atom. The van der Waals surface area contributed by atoms with Gasteiger partial charge in [-0.1, -0.05) is 0 Å². The highest BCUT2D eigenvalue weighted by atomic mass is 16.5. The van der Waals surface area contributed by atoms with E-state index in [4.69, 9.17) is 14.6 Å². The molecule has 0 aromatic heterocycles. The lowest BCUT2D eigenvalue weighted by Gasteiger charge is -2.26. The first-order valence-corrected chi connectivity index (χ1v) is 6.27. The smallest absolute Gasteiger partial charge is 0.325 e. The standard InChI is InChI=1S/C14H19NO6/c1-15(7-6-12(16)17)13(14(18)19)10-8-9(20-2)4-5-11(10)21-3/h4-5,8,13H,6-7H2,1-3H3,(H,16,17)(H,18,19). The molecule has 7 nitrogen and oxygen atoms in total. The number of hydrogen-bond acceptors (Lipinski definition) is 5. The Morgan fingerprint density at radius 2 is 1.90 bits per heavy atom. The van der Waals surface area contributed by atoms with E-state index in [1.165, 1.54) is 19.1 Å². The van der Waals surface area contributed by atoms with Crippen molar-refractivity contribution in [3.8, 4) is 11.5 Å². The Bertz CT molecular complexity index is 516. The Morgan fingerprint density at radius 3 is 2.38 bits per heavy atom. The van der Waals surface area contributed by atoms with E-state index in [9.17, 15) is 14.7 Å². The molecule has 1 unspecified atom stereocenters. The highest BCUT2D eigenvalue weighted by molar-refractivity contribution is 5.77. The number of carboxylic acids is 2. The average molecular weight is 297 g/mol. The van der Waals surface area contributed by atoms with Crippen LogP contribution in [0.25, 0.3) is 0 Å². The molecular weight excluding hydrogens is 278 g/mol. The molecule has 0 amide bonds. The van der Waals surface area contributed by atoms with Crippen LogP contribution in [0.15, 0.2) is 18.2 Å². The van der Waals surface area contributed by atoms with E-state index in [2.05, 4.69) is 0 Å². The predicted molar refractivity (Wildman–Crippen MR) is 74.8 cm³/mol. The molecule has 116 valence electrons. The van der Waals surface area contributed by atoms with Crippen LogP contribution in [-0.2, 0) is 9.59 Å². The van der Waals surface area contributed by atoms with Crippen LogP contribution >= 0.6 is 0 Å². The Hall–Kier alpha value is -2.28. The fraction of sp³-hybridized carbons (Fsp3) is 0.429. The third-order valence-corrected chi connectivity index (χ3v) is 3.08. The number of benzene rings is 1. The van der Waals surface area contributed by atoms with Gasteiger partial charge in [-0.15, -0.1) is 0 Å². The lowest BCUT2D eigenvalue weighted by molar-refractivity contribution is -0.144. The van der Waals surface area contributed by atoms with Gasteiger partial charge in [0.2, 0.25) is 0 Å². The van der Waals surface area contributed by atoms with Crippen LogP contribution in [0, 0.1) is 0 Å². The molecule has 0 radical (unpaired) electrons. The molecule has 1 aromatic carbocycles. The minimum atomic E-state index is -1.09. The van der Waals surface area contributed by atoms with Crippen molar-refractivity contribution in [1.29, 1.82) is 0 Å². The molecule has 0 fully saturated rings. The molecule has 0 bridgehead atoms. The number of rotatable bonds is 8. The van der Waals surface area contributed by atoms with Gasteiger partial charge in [-0.25, -0.2) is 0 Å². The first kappa shape index (κ1) is 16.8. The zero-order valence-electron chi connectivity index (χ0n) is 12.2. The van der Waals surface area contributed by atoms with Crippen LogP contribution in [0.1, 0.15) is 18.0 Å². The molecule has 1 atom stereocenters. The van der Waals surface area contributed by atoms with Crippen LogP contribution in [0.4, 0.5) is 0 Å². The van der Waals surface area contributed by atoms with Gasteiger partial charge in [0.15, 0.2) is 0 Å². The van der Waals surface area contributed by atoms with Crippen LogP contribution < -0.4 is 9.47 Å². The SMILES string of the molecule is COc1ccc(OC)c(C(C(=O)O)N(C)CCC(=O)O)c1. The van der Waals surface area contributed by atoms with Crippen molar-refractivity contribution in [3.63, 3.8) is 0 Å². The largest absolute Gasteiger partial charge is 0.497 e. The second kappa shape index (κ2) is 7.49. The van der Waals surface area contributed by atoms with Crippen LogP contribution in [0.2, 0.25) is 0 Å². The van der Waals surface area contributed by atoms with Crippen molar-refractivity contribution in [3.05, 3.63) is 23.8 Å². The van der Waals surface area contributed by atoms with Crippen molar-refractivity contribution in [1.82, 2.24) is 4.90 Å². The number of hydrogen-bond donors (Lipinski definition) is 2. The molecule has 0 heterocycles. The molecule has 0 saturated heterocycles. The van der Waals surface area contributed by atoms with Gasteiger partial charge >= 0.3 is 11.9 Å². The molecule has 2 N–H and O–H groups in total. The van der Waals surface area contributed by atoms with Crippen molar-refractivity contribution in [2.24, 2.45) is 0 Å². The van der Waals surface area contributed by atoms with E-state index < -0.39 is 18.0 Å². The molecule has 1 aromatic rings. The highest BCUT2D eigenvalue weighted by Crippen LogP contribution is 2.32. The zero-order valence-corrected chi connectivity index (χ0v) is 12.2. The maximum absolute atomic E-state index is 11.6. The average Bonchev–Trinajstić information content (AvgIpc) is 2.44. The summed E-state index contributed by atoms with van der Waals surface area (Å²) < 4.78 is 10.3. The quantitative estimate of drug-likeness (QED) is 0.745. The molecule has 0 aliphatic rings. The van der Waals surface area contributed by atoms with Gasteiger partial charge in [-0.2, -0.15) is 0 Å². The number of nitrogens with zero attached hydrogens (tertiary/aromatic N) is 1. The van der Waals surface area contributed by atoms with Crippen LogP contribution in [0.5, 0.6) is 11.5 Å². The first-order chi connectivity index (χ1) is 9.90. The summed E-state index contributed by atoms with van der Waals surface area (Å²) >= 11 is 0. The van der Waals surface area contributed by atoms with Crippen LogP contribution in [0.3, 0.4) is 0 Å². The van der Waals surface area contributed by atoms with Crippen molar-refractivity contribution < 1.29 is 29.3 Å². The summed E-state index contributed by atoms with van der Waals surface area (Å²) in [6.07, 6.45) is -0.146. The second-order valence-electron chi connectivity index (χ2n) is 4.47. The maximum atomic E-state index is 11.6. The fourth-order valence-electron chi connectivity index (χ4n) is 2.01. The van der Waals surface area contributed by atoms with E-state index in [-0.39, 0.29) is 13.0 Å². The van der Waals surface area contributed by atoms with Crippen LogP contribution in [-0.4, -0.2) is 54.9 Å². The van der Waals surface area contributed by atoms with E-state index in [1.807, 2.05) is 0 Å². The van der Waals surface area contributed by atoms with E-state index >= 15 is 0 Å². The van der Waals surface area contributed by atoms with Gasteiger partial charge in [-0.3, -0.25) is 14.5 Å². The highest BCUT2D eigenvalue weighted by Gasteiger charge is 2.28.